The molecule has 0 saturated heterocycles. The third-order valence-corrected chi connectivity index (χ3v) is 5.75. The van der Waals surface area contributed by atoms with Crippen LogP contribution in [0.15, 0.2) is 36.4 Å². The summed E-state index contributed by atoms with van der Waals surface area (Å²) >= 11 is 18.5. The fourth-order valence-electron chi connectivity index (χ4n) is 3.11. The first-order valence-corrected chi connectivity index (χ1v) is 11.7. The number of hydrogen-bond acceptors (Lipinski definition) is 5. The molecule has 1 unspecified atom stereocenters. The summed E-state index contributed by atoms with van der Waals surface area (Å²) in [7, 11) is 0. The predicted molar refractivity (Wildman–Crippen MR) is 132 cm³/mol. The number of nitrogens with one attached hydrogen (secondary N) is 3. The lowest BCUT2D eigenvalue weighted by atomic mass is 10.00. The fourth-order valence-corrected chi connectivity index (χ4v) is 4.00. The second kappa shape index (κ2) is 13.5. The summed E-state index contributed by atoms with van der Waals surface area (Å²) in [5.74, 6) is -2.56. The maximum atomic E-state index is 12.7. The smallest absolute Gasteiger partial charge is 0.328 e. The van der Waals surface area contributed by atoms with Crippen LogP contribution in [0.3, 0.4) is 0 Å². The van der Waals surface area contributed by atoms with Crippen molar-refractivity contribution in [2.45, 2.75) is 31.9 Å². The SMILES string of the molecule is CCNCC(=O)NC[C@H](NC(=O)c1c(Cl)cc(C(O)CCc2cccc(Cl)c2)cc1Cl)C(=O)O. The van der Waals surface area contributed by atoms with E-state index in [4.69, 9.17) is 34.8 Å². The van der Waals surface area contributed by atoms with Gasteiger partial charge in [-0.2, -0.15) is 0 Å². The van der Waals surface area contributed by atoms with E-state index in [0.717, 1.165) is 5.56 Å². The number of benzene rings is 2. The van der Waals surface area contributed by atoms with E-state index in [0.29, 0.717) is 30.0 Å². The number of halogens is 3. The molecule has 0 aromatic heterocycles. The summed E-state index contributed by atoms with van der Waals surface area (Å²) in [5, 5.41) is 28.0. The maximum absolute atomic E-state index is 12.7. The van der Waals surface area contributed by atoms with E-state index in [1.807, 2.05) is 25.1 Å². The summed E-state index contributed by atoms with van der Waals surface area (Å²) < 4.78 is 0. The van der Waals surface area contributed by atoms with Gasteiger partial charge in [-0.15, -0.1) is 0 Å². The van der Waals surface area contributed by atoms with Gasteiger partial charge in [-0.3, -0.25) is 9.59 Å². The molecule has 0 spiro atoms. The highest BCUT2D eigenvalue weighted by Gasteiger charge is 2.25. The summed E-state index contributed by atoms with van der Waals surface area (Å²) in [6.45, 7) is 2.11. The average Bonchev–Trinajstić information content (AvgIpc) is 2.78. The van der Waals surface area contributed by atoms with E-state index < -0.39 is 29.9 Å². The Labute approximate surface area is 212 Å². The Hall–Kier alpha value is -2.36. The first-order chi connectivity index (χ1) is 16.1. The number of aliphatic hydroxyl groups excluding tert-OH is 1. The zero-order valence-corrected chi connectivity index (χ0v) is 20.7. The molecule has 11 heteroatoms. The molecule has 184 valence electrons. The van der Waals surface area contributed by atoms with Crippen LogP contribution in [0.1, 0.15) is 40.9 Å². The molecule has 2 atom stereocenters. The second-order valence-corrected chi connectivity index (χ2v) is 8.74. The first kappa shape index (κ1) is 27.9. The number of amides is 2. The number of carbonyl (C=O) groups is 3. The van der Waals surface area contributed by atoms with Crippen LogP contribution in [0.2, 0.25) is 15.1 Å². The van der Waals surface area contributed by atoms with Crippen LogP contribution in [0.5, 0.6) is 0 Å². The zero-order chi connectivity index (χ0) is 25.3. The van der Waals surface area contributed by atoms with E-state index in [1.54, 1.807) is 6.07 Å². The molecule has 2 aromatic rings. The Kier molecular flexibility index (Phi) is 11.1. The van der Waals surface area contributed by atoms with Gasteiger partial charge in [0.25, 0.3) is 5.91 Å². The maximum Gasteiger partial charge on any atom is 0.328 e. The van der Waals surface area contributed by atoms with Gasteiger partial charge in [0.15, 0.2) is 0 Å². The van der Waals surface area contributed by atoms with Gasteiger partial charge in [-0.05, 0) is 54.8 Å². The molecule has 0 heterocycles. The quantitative estimate of drug-likeness (QED) is 0.287. The molecule has 34 heavy (non-hydrogen) atoms. The summed E-state index contributed by atoms with van der Waals surface area (Å²) in [5.41, 5.74) is 1.25. The van der Waals surface area contributed by atoms with E-state index in [-0.39, 0.29) is 28.7 Å². The lowest BCUT2D eigenvalue weighted by molar-refractivity contribution is -0.139. The molecule has 0 saturated carbocycles. The number of likely N-dealkylation sites (N-methyl/N-ethyl adjacent to an activating group) is 1. The van der Waals surface area contributed by atoms with Gasteiger partial charge in [0.2, 0.25) is 5.91 Å². The van der Waals surface area contributed by atoms with Gasteiger partial charge in [0.1, 0.15) is 6.04 Å². The monoisotopic (exact) mass is 529 g/mol. The molecule has 2 aromatic carbocycles. The molecule has 0 aliphatic carbocycles. The van der Waals surface area contributed by atoms with Crippen molar-refractivity contribution in [1.29, 1.82) is 0 Å². The number of hydrogen-bond donors (Lipinski definition) is 5. The molecular weight excluding hydrogens is 505 g/mol. The molecule has 0 fully saturated rings. The number of aliphatic carboxylic acids is 1. The minimum Gasteiger partial charge on any atom is -0.480 e. The van der Waals surface area contributed by atoms with Crippen molar-refractivity contribution in [3.8, 4) is 0 Å². The van der Waals surface area contributed by atoms with Crippen LogP contribution >= 0.6 is 34.8 Å². The Morgan fingerprint density at radius 3 is 2.32 bits per heavy atom. The van der Waals surface area contributed by atoms with Crippen molar-refractivity contribution in [3.05, 3.63) is 68.2 Å². The van der Waals surface area contributed by atoms with Crippen LogP contribution in [0, 0.1) is 0 Å². The molecule has 0 radical (unpaired) electrons. The number of aryl methyl sites for hydroxylation is 1. The third kappa shape index (κ3) is 8.45. The molecule has 0 bridgehead atoms. The Balaban J connectivity index is 2.06. The predicted octanol–water partition coefficient (Wildman–Crippen LogP) is 3.22. The largest absolute Gasteiger partial charge is 0.480 e. The van der Waals surface area contributed by atoms with Crippen molar-refractivity contribution in [2.24, 2.45) is 0 Å². The van der Waals surface area contributed by atoms with Crippen molar-refractivity contribution in [1.82, 2.24) is 16.0 Å². The van der Waals surface area contributed by atoms with Crippen LogP contribution in [-0.2, 0) is 16.0 Å². The lowest BCUT2D eigenvalue weighted by Crippen LogP contribution is -2.49. The van der Waals surface area contributed by atoms with Crippen molar-refractivity contribution in [2.75, 3.05) is 19.6 Å². The van der Waals surface area contributed by atoms with Crippen molar-refractivity contribution >= 4 is 52.6 Å². The Morgan fingerprint density at radius 2 is 1.74 bits per heavy atom. The highest BCUT2D eigenvalue weighted by Crippen LogP contribution is 2.31. The van der Waals surface area contributed by atoms with Gasteiger partial charge < -0.3 is 26.2 Å². The van der Waals surface area contributed by atoms with Crippen LogP contribution in [-0.4, -0.2) is 53.7 Å². The number of rotatable bonds is 12. The minimum atomic E-state index is -1.40. The highest BCUT2D eigenvalue weighted by molar-refractivity contribution is 6.39. The fraction of sp³-hybridized carbons (Fsp3) is 0.348. The molecule has 0 aliphatic heterocycles. The van der Waals surface area contributed by atoms with Gasteiger partial charge in [0.05, 0.1) is 28.3 Å². The molecule has 0 aliphatic rings. The summed E-state index contributed by atoms with van der Waals surface area (Å²) in [4.78, 5) is 35.9. The highest BCUT2D eigenvalue weighted by atomic mass is 35.5. The average molecular weight is 531 g/mol. The van der Waals surface area contributed by atoms with Gasteiger partial charge in [-0.1, -0.05) is 53.9 Å². The van der Waals surface area contributed by atoms with Gasteiger partial charge in [0, 0.05) is 11.6 Å². The standard InChI is InChI=1S/C23H26Cl3N3O5/c1-2-27-12-20(31)28-11-18(23(33)34)29-22(32)21-16(25)9-14(10-17(21)26)19(30)7-6-13-4-3-5-15(24)8-13/h3-5,8-10,18-19,27,30H,2,6-7,11-12H2,1H3,(H,28,31)(H,29,32)(H,33,34)/t18-,19?/m0/s1. The normalized spacial score (nSPS) is 12.6. The zero-order valence-electron chi connectivity index (χ0n) is 18.4. The second-order valence-electron chi connectivity index (χ2n) is 7.49. The lowest BCUT2D eigenvalue weighted by Gasteiger charge is -2.18. The third-order valence-electron chi connectivity index (χ3n) is 4.91. The number of carboxylic acid groups (broad SMARTS) is 1. The molecule has 8 nitrogen and oxygen atoms in total. The van der Waals surface area contributed by atoms with E-state index in [1.165, 1.54) is 12.1 Å². The summed E-state index contributed by atoms with van der Waals surface area (Å²) in [6.07, 6.45) is 0.0235. The van der Waals surface area contributed by atoms with Gasteiger partial charge >= 0.3 is 5.97 Å². The minimum absolute atomic E-state index is 0.0234. The van der Waals surface area contributed by atoms with E-state index in [9.17, 15) is 24.6 Å². The van der Waals surface area contributed by atoms with Crippen LogP contribution < -0.4 is 16.0 Å². The molecule has 5 N–H and O–H groups in total. The van der Waals surface area contributed by atoms with Crippen molar-refractivity contribution < 1.29 is 24.6 Å². The van der Waals surface area contributed by atoms with E-state index in [2.05, 4.69) is 16.0 Å². The molecule has 2 rings (SSSR count). The van der Waals surface area contributed by atoms with Crippen molar-refractivity contribution in [3.63, 3.8) is 0 Å². The van der Waals surface area contributed by atoms with Crippen LogP contribution in [0.25, 0.3) is 0 Å². The number of carboxylic acids is 1. The van der Waals surface area contributed by atoms with E-state index >= 15 is 0 Å². The summed E-state index contributed by atoms with van der Waals surface area (Å²) in [6, 6.07) is 8.73. The molecular formula is C23H26Cl3N3O5. The molecule has 2 amide bonds. The number of aliphatic hydroxyl groups is 1. The first-order valence-electron chi connectivity index (χ1n) is 10.5. The topological polar surface area (TPSA) is 128 Å². The number of carbonyl (C=O) groups excluding carboxylic acids is 2. The Bertz CT molecular complexity index is 1010. The van der Waals surface area contributed by atoms with Gasteiger partial charge in [-0.25, -0.2) is 4.79 Å². The van der Waals surface area contributed by atoms with Crippen LogP contribution in [0.4, 0.5) is 0 Å². The Morgan fingerprint density at radius 1 is 1.06 bits per heavy atom.